The Balaban J connectivity index is 1.57. The number of anilines is 1. The topological polar surface area (TPSA) is 99.5 Å². The first kappa shape index (κ1) is 17.3. The number of thioether (sulfide) groups is 1. The average Bonchev–Trinajstić information content (AvgIpc) is 3.09. The van der Waals surface area contributed by atoms with Gasteiger partial charge in [0.2, 0.25) is 5.91 Å². The third-order valence-electron chi connectivity index (χ3n) is 4.38. The van der Waals surface area contributed by atoms with Crippen molar-refractivity contribution in [1.29, 1.82) is 5.26 Å². The van der Waals surface area contributed by atoms with E-state index in [0.717, 1.165) is 0 Å². The lowest BCUT2D eigenvalue weighted by Crippen LogP contribution is -2.47. The summed E-state index contributed by atoms with van der Waals surface area (Å²) in [5.41, 5.74) is 0.692. The smallest absolute Gasteiger partial charge is 0.330 e. The molecular weight excluding hydrogens is 342 g/mol. The van der Waals surface area contributed by atoms with E-state index >= 15 is 0 Å². The van der Waals surface area contributed by atoms with Crippen LogP contribution >= 0.6 is 11.8 Å². The Morgan fingerprint density at radius 1 is 1.48 bits per heavy atom. The molecule has 2 aliphatic heterocycles. The highest BCUT2D eigenvalue weighted by Crippen LogP contribution is 2.47. The second-order valence-electron chi connectivity index (χ2n) is 6.08. The molecule has 2 heterocycles. The van der Waals surface area contributed by atoms with E-state index < -0.39 is 24.5 Å². The van der Waals surface area contributed by atoms with Crippen molar-refractivity contribution in [2.75, 3.05) is 17.7 Å². The lowest BCUT2D eigenvalue weighted by Gasteiger charge is -2.29. The van der Waals surface area contributed by atoms with E-state index in [1.54, 1.807) is 40.9 Å². The van der Waals surface area contributed by atoms with Gasteiger partial charge in [0, 0.05) is 12.2 Å². The van der Waals surface area contributed by atoms with Crippen LogP contribution in [0.15, 0.2) is 24.3 Å². The van der Waals surface area contributed by atoms with E-state index in [1.807, 2.05) is 13.0 Å². The Bertz CT molecular complexity index is 775. The molecule has 8 heteroatoms. The molecule has 0 aliphatic carbocycles. The first-order valence-corrected chi connectivity index (χ1v) is 8.85. The summed E-state index contributed by atoms with van der Waals surface area (Å²) in [5, 5.41) is 11.5. The van der Waals surface area contributed by atoms with Crippen molar-refractivity contribution < 1.29 is 19.1 Å². The first-order chi connectivity index (χ1) is 11.9. The molecule has 0 saturated carbocycles. The molecule has 1 aromatic rings. The van der Waals surface area contributed by atoms with Gasteiger partial charge in [-0.3, -0.25) is 9.59 Å². The van der Waals surface area contributed by atoms with Gasteiger partial charge in [-0.15, -0.1) is 11.8 Å². The molecule has 2 amide bonds. The molecule has 2 atom stereocenters. The largest absolute Gasteiger partial charge is 0.454 e. The lowest BCUT2D eigenvalue weighted by atomic mass is 10.2. The van der Waals surface area contributed by atoms with Crippen molar-refractivity contribution in [1.82, 2.24) is 4.90 Å². The molecule has 25 heavy (non-hydrogen) atoms. The monoisotopic (exact) mass is 359 g/mol. The SMILES string of the molecule is C[C@]12CCC(=O)N1[C@@H](C(=O)OCC(=O)Nc1ccccc1C#N)CS2. The van der Waals surface area contributed by atoms with Crippen LogP contribution in [0, 0.1) is 11.3 Å². The highest BCUT2D eigenvalue weighted by Gasteiger charge is 2.53. The molecule has 0 bridgehead atoms. The number of carbonyl (C=O) groups is 3. The van der Waals surface area contributed by atoms with Crippen LogP contribution in [0.2, 0.25) is 0 Å². The van der Waals surface area contributed by atoms with Gasteiger partial charge in [0.1, 0.15) is 12.1 Å². The minimum Gasteiger partial charge on any atom is -0.454 e. The van der Waals surface area contributed by atoms with Crippen molar-refractivity contribution in [3.05, 3.63) is 29.8 Å². The van der Waals surface area contributed by atoms with Gasteiger partial charge in [0.05, 0.1) is 16.1 Å². The third-order valence-corrected chi connectivity index (χ3v) is 5.89. The zero-order valence-electron chi connectivity index (χ0n) is 13.7. The quantitative estimate of drug-likeness (QED) is 0.818. The maximum absolute atomic E-state index is 12.3. The molecule has 7 nitrogen and oxygen atoms in total. The van der Waals surface area contributed by atoms with Crippen LogP contribution in [0.25, 0.3) is 0 Å². The fourth-order valence-corrected chi connectivity index (χ4v) is 4.52. The van der Waals surface area contributed by atoms with Gasteiger partial charge < -0.3 is 15.0 Å². The number of esters is 1. The van der Waals surface area contributed by atoms with Crippen molar-refractivity contribution in [2.45, 2.75) is 30.7 Å². The maximum atomic E-state index is 12.3. The Hall–Kier alpha value is -2.53. The van der Waals surface area contributed by atoms with Crippen molar-refractivity contribution in [3.63, 3.8) is 0 Å². The van der Waals surface area contributed by atoms with Crippen LogP contribution in [-0.2, 0) is 19.1 Å². The fraction of sp³-hybridized carbons (Fsp3) is 0.412. The summed E-state index contributed by atoms with van der Waals surface area (Å²) in [6.45, 7) is 1.49. The molecule has 0 unspecified atom stereocenters. The summed E-state index contributed by atoms with van der Waals surface area (Å²) in [6.07, 6.45) is 1.14. The lowest BCUT2D eigenvalue weighted by molar-refractivity contribution is -0.155. The Morgan fingerprint density at radius 2 is 2.24 bits per heavy atom. The first-order valence-electron chi connectivity index (χ1n) is 7.86. The van der Waals surface area contributed by atoms with E-state index in [4.69, 9.17) is 10.00 Å². The molecule has 2 aliphatic rings. The average molecular weight is 359 g/mol. The minimum atomic E-state index is -0.649. The summed E-state index contributed by atoms with van der Waals surface area (Å²) < 4.78 is 5.09. The van der Waals surface area contributed by atoms with E-state index in [0.29, 0.717) is 29.8 Å². The van der Waals surface area contributed by atoms with E-state index in [9.17, 15) is 14.4 Å². The molecule has 2 saturated heterocycles. The van der Waals surface area contributed by atoms with Crippen molar-refractivity contribution in [3.8, 4) is 6.07 Å². The van der Waals surface area contributed by atoms with Gasteiger partial charge in [0.15, 0.2) is 6.61 Å². The number of carbonyl (C=O) groups excluding carboxylic acids is 3. The van der Waals surface area contributed by atoms with Crippen LogP contribution in [0.3, 0.4) is 0 Å². The number of para-hydroxylation sites is 1. The number of amides is 2. The zero-order chi connectivity index (χ0) is 18.0. The second-order valence-corrected chi connectivity index (χ2v) is 7.58. The van der Waals surface area contributed by atoms with Gasteiger partial charge in [-0.05, 0) is 25.5 Å². The number of nitrogens with one attached hydrogen (secondary N) is 1. The number of hydrogen-bond donors (Lipinski definition) is 1. The molecular formula is C17H17N3O4S. The molecule has 0 spiro atoms. The summed E-state index contributed by atoms with van der Waals surface area (Å²) in [4.78, 5) is 37.5. The van der Waals surface area contributed by atoms with Crippen LogP contribution in [0.5, 0.6) is 0 Å². The van der Waals surface area contributed by atoms with Crippen molar-refractivity contribution >= 4 is 35.2 Å². The molecule has 3 rings (SSSR count). The van der Waals surface area contributed by atoms with Gasteiger partial charge in [0.25, 0.3) is 5.91 Å². The summed E-state index contributed by atoms with van der Waals surface area (Å²) in [6, 6.07) is 7.89. The summed E-state index contributed by atoms with van der Waals surface area (Å²) >= 11 is 1.56. The van der Waals surface area contributed by atoms with Gasteiger partial charge in [-0.2, -0.15) is 5.26 Å². The number of hydrogen-bond acceptors (Lipinski definition) is 6. The standard InChI is InChI=1S/C17H17N3O4S/c1-17-7-6-15(22)20(17)13(10-25-17)16(23)24-9-14(21)19-12-5-3-2-4-11(12)8-18/h2-5,13H,6-7,9-10H2,1H3,(H,19,21)/t13-,17+/m1/s1. The summed E-state index contributed by atoms with van der Waals surface area (Å²) in [7, 11) is 0. The Morgan fingerprint density at radius 3 is 3.00 bits per heavy atom. The number of nitriles is 1. The number of ether oxygens (including phenoxy) is 1. The van der Waals surface area contributed by atoms with E-state index in [2.05, 4.69) is 5.32 Å². The van der Waals surface area contributed by atoms with Crippen LogP contribution in [0.4, 0.5) is 5.69 Å². The van der Waals surface area contributed by atoms with Crippen LogP contribution in [-0.4, -0.2) is 46.0 Å². The molecule has 0 radical (unpaired) electrons. The van der Waals surface area contributed by atoms with Gasteiger partial charge in [-0.1, -0.05) is 12.1 Å². The normalized spacial score (nSPS) is 24.6. The fourth-order valence-electron chi connectivity index (χ4n) is 3.10. The predicted octanol–water partition coefficient (Wildman–Crippen LogP) is 1.49. The summed E-state index contributed by atoms with van der Waals surface area (Å²) in [5.74, 6) is -0.686. The number of nitrogens with zero attached hydrogens (tertiary/aromatic N) is 2. The number of fused-ring (bicyclic) bond motifs is 1. The molecule has 1 N–H and O–H groups in total. The van der Waals surface area contributed by atoms with Crippen molar-refractivity contribution in [2.24, 2.45) is 0 Å². The van der Waals surface area contributed by atoms with E-state index in [-0.39, 0.29) is 10.8 Å². The Kier molecular flexibility index (Phi) is 4.68. The molecule has 1 aromatic carbocycles. The number of rotatable bonds is 4. The predicted molar refractivity (Wildman–Crippen MR) is 91.5 cm³/mol. The minimum absolute atomic E-state index is 0.0538. The van der Waals surface area contributed by atoms with E-state index in [1.165, 1.54) is 0 Å². The van der Waals surface area contributed by atoms with Gasteiger partial charge in [-0.25, -0.2) is 4.79 Å². The highest BCUT2D eigenvalue weighted by atomic mass is 32.2. The van der Waals surface area contributed by atoms with Crippen LogP contribution < -0.4 is 5.32 Å². The van der Waals surface area contributed by atoms with Gasteiger partial charge >= 0.3 is 5.97 Å². The molecule has 130 valence electrons. The maximum Gasteiger partial charge on any atom is 0.330 e. The zero-order valence-corrected chi connectivity index (χ0v) is 14.5. The molecule has 2 fully saturated rings. The van der Waals surface area contributed by atoms with Crippen LogP contribution in [0.1, 0.15) is 25.3 Å². The number of benzene rings is 1. The third kappa shape index (κ3) is 3.33. The Labute approximate surface area is 149 Å². The molecule has 0 aromatic heterocycles. The highest BCUT2D eigenvalue weighted by molar-refractivity contribution is 8.01. The second kappa shape index (κ2) is 6.76.